The van der Waals surface area contributed by atoms with Crippen LogP contribution in [0, 0.1) is 10.1 Å². The number of hydrogen-bond donors (Lipinski definition) is 1. The van der Waals surface area contributed by atoms with E-state index in [-0.39, 0.29) is 11.4 Å². The Morgan fingerprint density at radius 1 is 1.04 bits per heavy atom. The van der Waals surface area contributed by atoms with Gasteiger partial charge in [-0.05, 0) is 24.3 Å². The zero-order valence-electron chi connectivity index (χ0n) is 14.0. The van der Waals surface area contributed by atoms with Crippen molar-refractivity contribution in [3.05, 3.63) is 88.8 Å². The van der Waals surface area contributed by atoms with Gasteiger partial charge in [-0.15, -0.1) is 0 Å². The molecule has 0 bridgehead atoms. The van der Waals surface area contributed by atoms with Gasteiger partial charge in [0.25, 0.3) is 11.6 Å². The highest BCUT2D eigenvalue weighted by Crippen LogP contribution is 2.27. The lowest BCUT2D eigenvalue weighted by Crippen LogP contribution is -2.11. The van der Waals surface area contributed by atoms with Crippen molar-refractivity contribution >= 4 is 28.2 Å². The van der Waals surface area contributed by atoms with Crippen LogP contribution in [0.2, 0.25) is 0 Å². The molecule has 0 unspecified atom stereocenters. The number of nitro groups is 1. The number of hydrogen-bond acceptors (Lipinski definition) is 5. The number of nitrogens with one attached hydrogen (secondary N) is 1. The number of rotatable bonds is 4. The second kappa shape index (κ2) is 6.72. The molecule has 2 aromatic heterocycles. The number of nitro benzene ring substituents is 1. The summed E-state index contributed by atoms with van der Waals surface area (Å²) in [4.78, 5) is 27.3. The molecule has 132 valence electrons. The Morgan fingerprint density at radius 2 is 1.85 bits per heavy atom. The molecule has 0 fully saturated rings. The van der Waals surface area contributed by atoms with Gasteiger partial charge in [0.15, 0.2) is 5.76 Å². The Morgan fingerprint density at radius 3 is 2.70 bits per heavy atom. The fraction of sp³-hybridized carbons (Fsp3) is 0. The molecule has 0 aliphatic carbocycles. The van der Waals surface area contributed by atoms with Gasteiger partial charge in [0.2, 0.25) is 0 Å². The van der Waals surface area contributed by atoms with Gasteiger partial charge in [-0.25, -0.2) is 0 Å². The number of carbonyl (C=O) groups excluding carboxylic acids is 1. The van der Waals surface area contributed by atoms with Crippen LogP contribution in [0.5, 0.6) is 0 Å². The number of amides is 1. The number of carbonyl (C=O) groups is 1. The quantitative estimate of drug-likeness (QED) is 0.422. The third kappa shape index (κ3) is 3.25. The molecule has 1 N–H and O–H groups in total. The van der Waals surface area contributed by atoms with E-state index in [0.717, 1.165) is 5.39 Å². The second-order valence-electron chi connectivity index (χ2n) is 5.81. The Bertz CT molecular complexity index is 1160. The standard InChI is InChI=1S/C20H13N3O4/c24-20(22-16-8-2-4-13-6-3-11-21-19(13)16)18-10-9-17(27-18)14-5-1-7-15(12-14)23(25)26/h1-12H,(H,22,24). The molecule has 4 rings (SSSR count). The molecule has 27 heavy (non-hydrogen) atoms. The van der Waals surface area contributed by atoms with Gasteiger partial charge < -0.3 is 9.73 Å². The molecule has 2 aromatic carbocycles. The molecule has 0 spiro atoms. The first kappa shape index (κ1) is 16.5. The minimum Gasteiger partial charge on any atom is -0.451 e. The Kier molecular flexibility index (Phi) is 4.10. The molecular weight excluding hydrogens is 346 g/mol. The van der Waals surface area contributed by atoms with Crippen molar-refractivity contribution in [2.45, 2.75) is 0 Å². The fourth-order valence-electron chi connectivity index (χ4n) is 2.78. The normalized spacial score (nSPS) is 10.7. The van der Waals surface area contributed by atoms with Crippen molar-refractivity contribution < 1.29 is 14.1 Å². The predicted molar refractivity (Wildman–Crippen MR) is 100 cm³/mol. The number of anilines is 1. The summed E-state index contributed by atoms with van der Waals surface area (Å²) in [5.74, 6) is 0.0502. The number of para-hydroxylation sites is 1. The lowest BCUT2D eigenvalue weighted by Gasteiger charge is -2.06. The summed E-state index contributed by atoms with van der Waals surface area (Å²) in [6.07, 6.45) is 1.66. The summed E-state index contributed by atoms with van der Waals surface area (Å²) in [5.41, 5.74) is 1.73. The third-order valence-corrected chi connectivity index (χ3v) is 4.05. The van der Waals surface area contributed by atoms with Crippen LogP contribution in [-0.4, -0.2) is 15.8 Å². The first-order chi connectivity index (χ1) is 13.1. The SMILES string of the molecule is O=C(Nc1cccc2cccnc12)c1ccc(-c2cccc([N+](=O)[O-])c2)o1. The maximum atomic E-state index is 12.5. The van der Waals surface area contributed by atoms with Crippen LogP contribution in [0.15, 0.2) is 77.3 Å². The molecule has 0 radical (unpaired) electrons. The van der Waals surface area contributed by atoms with E-state index in [1.165, 1.54) is 18.2 Å². The van der Waals surface area contributed by atoms with Crippen molar-refractivity contribution in [3.63, 3.8) is 0 Å². The van der Waals surface area contributed by atoms with Gasteiger partial charge >= 0.3 is 0 Å². The van der Waals surface area contributed by atoms with Crippen molar-refractivity contribution in [3.8, 4) is 11.3 Å². The summed E-state index contributed by atoms with van der Waals surface area (Å²) in [6.45, 7) is 0. The lowest BCUT2D eigenvalue weighted by molar-refractivity contribution is -0.384. The van der Waals surface area contributed by atoms with Crippen LogP contribution >= 0.6 is 0 Å². The van der Waals surface area contributed by atoms with Gasteiger partial charge in [-0.1, -0.05) is 30.3 Å². The number of nitrogens with zero attached hydrogens (tertiary/aromatic N) is 2. The number of non-ortho nitro benzene ring substituents is 1. The van der Waals surface area contributed by atoms with Crippen LogP contribution in [0.3, 0.4) is 0 Å². The van der Waals surface area contributed by atoms with Crippen molar-refractivity contribution in [1.29, 1.82) is 0 Å². The molecule has 7 heteroatoms. The topological polar surface area (TPSA) is 98.3 Å². The Hall–Kier alpha value is -4.00. The molecule has 0 saturated heterocycles. The highest BCUT2D eigenvalue weighted by atomic mass is 16.6. The van der Waals surface area contributed by atoms with Gasteiger partial charge in [0.05, 0.1) is 16.1 Å². The third-order valence-electron chi connectivity index (χ3n) is 4.05. The van der Waals surface area contributed by atoms with Crippen LogP contribution in [-0.2, 0) is 0 Å². The number of pyridine rings is 1. The van der Waals surface area contributed by atoms with E-state index in [0.29, 0.717) is 22.5 Å². The van der Waals surface area contributed by atoms with Crippen LogP contribution < -0.4 is 5.32 Å². The highest BCUT2D eigenvalue weighted by molar-refractivity contribution is 6.07. The maximum absolute atomic E-state index is 12.5. The molecule has 2 heterocycles. The maximum Gasteiger partial charge on any atom is 0.291 e. The summed E-state index contributed by atoms with van der Waals surface area (Å²) in [6, 6.07) is 18.4. The smallest absolute Gasteiger partial charge is 0.291 e. The van der Waals surface area contributed by atoms with Crippen molar-refractivity contribution in [2.75, 3.05) is 5.32 Å². The zero-order valence-corrected chi connectivity index (χ0v) is 14.0. The molecule has 0 aliphatic rings. The van der Waals surface area contributed by atoms with Gasteiger partial charge in [-0.2, -0.15) is 0 Å². The van der Waals surface area contributed by atoms with Crippen LogP contribution in [0.4, 0.5) is 11.4 Å². The lowest BCUT2D eigenvalue weighted by atomic mass is 10.1. The molecule has 4 aromatic rings. The Balaban J connectivity index is 1.60. The number of benzene rings is 2. The minimum atomic E-state index is -0.479. The first-order valence-corrected chi connectivity index (χ1v) is 8.11. The van der Waals surface area contributed by atoms with Gasteiger partial charge in [0.1, 0.15) is 5.76 Å². The second-order valence-corrected chi connectivity index (χ2v) is 5.81. The number of aromatic nitrogens is 1. The molecule has 0 saturated carbocycles. The predicted octanol–water partition coefficient (Wildman–Crippen LogP) is 4.66. The van der Waals surface area contributed by atoms with Crippen LogP contribution in [0.25, 0.3) is 22.2 Å². The monoisotopic (exact) mass is 359 g/mol. The summed E-state index contributed by atoms with van der Waals surface area (Å²) in [5, 5.41) is 14.6. The average Bonchev–Trinajstić information content (AvgIpc) is 3.19. The first-order valence-electron chi connectivity index (χ1n) is 8.11. The van der Waals surface area contributed by atoms with Crippen LogP contribution in [0.1, 0.15) is 10.6 Å². The molecule has 0 atom stereocenters. The van der Waals surface area contributed by atoms with E-state index < -0.39 is 10.8 Å². The van der Waals surface area contributed by atoms with E-state index >= 15 is 0 Å². The van der Waals surface area contributed by atoms with E-state index in [1.807, 2.05) is 24.3 Å². The summed E-state index contributed by atoms with van der Waals surface area (Å²) < 4.78 is 5.60. The average molecular weight is 359 g/mol. The fourth-order valence-corrected chi connectivity index (χ4v) is 2.78. The van der Waals surface area contributed by atoms with Crippen molar-refractivity contribution in [1.82, 2.24) is 4.98 Å². The summed E-state index contributed by atoms with van der Waals surface area (Å²) >= 11 is 0. The molecule has 7 nitrogen and oxygen atoms in total. The van der Waals surface area contributed by atoms with Crippen molar-refractivity contribution in [2.24, 2.45) is 0 Å². The van der Waals surface area contributed by atoms with E-state index in [2.05, 4.69) is 10.3 Å². The summed E-state index contributed by atoms with van der Waals surface area (Å²) in [7, 11) is 0. The molecular formula is C20H13N3O4. The largest absolute Gasteiger partial charge is 0.451 e. The minimum absolute atomic E-state index is 0.0447. The van der Waals surface area contributed by atoms with E-state index in [1.54, 1.807) is 30.5 Å². The molecule has 1 amide bonds. The van der Waals surface area contributed by atoms with E-state index in [9.17, 15) is 14.9 Å². The molecule has 0 aliphatic heterocycles. The highest BCUT2D eigenvalue weighted by Gasteiger charge is 2.15. The van der Waals surface area contributed by atoms with Gasteiger partial charge in [-0.3, -0.25) is 19.9 Å². The number of furan rings is 1. The number of fused-ring (bicyclic) bond motifs is 1. The Labute approximate surface area is 153 Å². The van der Waals surface area contributed by atoms with Gasteiger partial charge in [0, 0.05) is 29.3 Å². The van der Waals surface area contributed by atoms with E-state index in [4.69, 9.17) is 4.42 Å². The zero-order chi connectivity index (χ0) is 18.8.